The number of rotatable bonds is 4. The number of hydrogen-bond donors (Lipinski definition) is 0. The summed E-state index contributed by atoms with van der Waals surface area (Å²) in [4.78, 5) is 17.1. The van der Waals surface area contributed by atoms with Crippen molar-refractivity contribution in [2.45, 2.75) is 6.54 Å². The number of aromatic nitrogens is 4. The van der Waals surface area contributed by atoms with E-state index in [2.05, 4.69) is 10.1 Å². The van der Waals surface area contributed by atoms with Crippen molar-refractivity contribution in [3.63, 3.8) is 0 Å². The van der Waals surface area contributed by atoms with E-state index >= 15 is 0 Å². The Bertz CT molecular complexity index is 806. The van der Waals surface area contributed by atoms with Crippen LogP contribution < -0.4 is 4.90 Å². The molecule has 0 aliphatic rings. The highest BCUT2D eigenvalue weighted by atomic mass is 16.6. The molecule has 0 spiro atoms. The average Bonchev–Trinajstić information content (AvgIpc) is 3.02. The number of anilines is 1. The molecule has 21 heavy (non-hydrogen) atoms. The monoisotopic (exact) mass is 286 g/mol. The van der Waals surface area contributed by atoms with Crippen LogP contribution in [0.4, 0.5) is 11.6 Å². The molecule has 0 amide bonds. The number of imidazole rings is 1. The summed E-state index contributed by atoms with van der Waals surface area (Å²) in [6.45, 7) is 0.499. The van der Waals surface area contributed by atoms with E-state index in [1.807, 2.05) is 13.2 Å². The van der Waals surface area contributed by atoms with Crippen LogP contribution in [0.2, 0.25) is 0 Å². The van der Waals surface area contributed by atoms with E-state index in [9.17, 15) is 10.1 Å². The molecule has 0 saturated heterocycles. The highest BCUT2D eigenvalue weighted by molar-refractivity contribution is 5.63. The average molecular weight is 286 g/mol. The first-order valence-electron chi connectivity index (χ1n) is 6.36. The molecular formula is C13H14N6O2. The summed E-state index contributed by atoms with van der Waals surface area (Å²) in [7, 11) is 3.61. The van der Waals surface area contributed by atoms with Crippen molar-refractivity contribution in [1.29, 1.82) is 0 Å². The van der Waals surface area contributed by atoms with Crippen LogP contribution in [0.3, 0.4) is 0 Å². The Kier molecular flexibility index (Phi) is 3.05. The van der Waals surface area contributed by atoms with Crippen LogP contribution in [0, 0.1) is 10.1 Å². The van der Waals surface area contributed by atoms with Crippen molar-refractivity contribution in [1.82, 2.24) is 19.2 Å². The Hall–Kier alpha value is -2.90. The van der Waals surface area contributed by atoms with Gasteiger partial charge in [-0.25, -0.2) is 0 Å². The molecule has 0 aliphatic heterocycles. The number of aryl methyl sites for hydroxylation is 1. The minimum Gasteiger partial charge on any atom is -0.358 e. The molecule has 0 aromatic carbocycles. The molecule has 0 radical (unpaired) electrons. The van der Waals surface area contributed by atoms with Gasteiger partial charge >= 0.3 is 5.82 Å². The minimum atomic E-state index is -0.408. The van der Waals surface area contributed by atoms with E-state index < -0.39 is 4.92 Å². The molecule has 8 heteroatoms. The molecule has 3 aromatic heterocycles. The molecular weight excluding hydrogens is 272 g/mol. The SMILES string of the molecule is CN(Cc1cnn(C)c1)c1nc2ccccn2c1[N+](=O)[O-]. The quantitative estimate of drug-likeness (QED) is 0.537. The lowest BCUT2D eigenvalue weighted by molar-refractivity contribution is -0.389. The van der Waals surface area contributed by atoms with Crippen LogP contribution in [-0.2, 0) is 13.6 Å². The molecule has 0 N–H and O–H groups in total. The van der Waals surface area contributed by atoms with Gasteiger partial charge in [-0.2, -0.15) is 14.5 Å². The van der Waals surface area contributed by atoms with E-state index in [4.69, 9.17) is 0 Å². The van der Waals surface area contributed by atoms with Gasteiger partial charge in [-0.05, 0) is 11.0 Å². The van der Waals surface area contributed by atoms with Gasteiger partial charge in [0.05, 0.1) is 12.4 Å². The second-order valence-electron chi connectivity index (χ2n) is 4.82. The molecule has 0 bridgehead atoms. The second-order valence-corrected chi connectivity index (χ2v) is 4.82. The van der Waals surface area contributed by atoms with Gasteiger partial charge in [0.15, 0.2) is 0 Å². The van der Waals surface area contributed by atoms with Gasteiger partial charge in [0.25, 0.3) is 0 Å². The highest BCUT2D eigenvalue weighted by Crippen LogP contribution is 2.28. The first kappa shape index (κ1) is 13.1. The van der Waals surface area contributed by atoms with Crippen molar-refractivity contribution < 1.29 is 4.92 Å². The zero-order valence-corrected chi connectivity index (χ0v) is 11.7. The van der Waals surface area contributed by atoms with Gasteiger partial charge in [-0.3, -0.25) is 4.68 Å². The Morgan fingerprint density at radius 2 is 2.24 bits per heavy atom. The van der Waals surface area contributed by atoms with E-state index in [1.54, 1.807) is 47.2 Å². The molecule has 3 rings (SSSR count). The third kappa shape index (κ3) is 2.31. The summed E-state index contributed by atoms with van der Waals surface area (Å²) in [5.41, 5.74) is 1.52. The molecule has 0 atom stereocenters. The number of fused-ring (bicyclic) bond motifs is 1. The van der Waals surface area contributed by atoms with Crippen molar-refractivity contribution in [2.75, 3.05) is 11.9 Å². The molecule has 0 fully saturated rings. The topological polar surface area (TPSA) is 81.5 Å². The number of nitro groups is 1. The summed E-state index contributed by atoms with van der Waals surface area (Å²) in [5, 5.41) is 15.5. The van der Waals surface area contributed by atoms with E-state index in [0.717, 1.165) is 5.56 Å². The molecule has 0 unspecified atom stereocenters. The van der Waals surface area contributed by atoms with Crippen molar-refractivity contribution in [3.8, 4) is 0 Å². The second kappa shape index (κ2) is 4.89. The van der Waals surface area contributed by atoms with E-state index in [1.165, 1.54) is 4.40 Å². The lowest BCUT2D eigenvalue weighted by atomic mass is 10.3. The maximum Gasteiger partial charge on any atom is 0.372 e. The smallest absolute Gasteiger partial charge is 0.358 e. The predicted octanol–water partition coefficient (Wildman–Crippen LogP) is 1.61. The fourth-order valence-electron chi connectivity index (χ4n) is 2.30. The van der Waals surface area contributed by atoms with Crippen molar-refractivity contribution >= 4 is 17.3 Å². The molecule has 108 valence electrons. The van der Waals surface area contributed by atoms with E-state index in [0.29, 0.717) is 18.0 Å². The van der Waals surface area contributed by atoms with Crippen LogP contribution >= 0.6 is 0 Å². The van der Waals surface area contributed by atoms with Gasteiger partial charge < -0.3 is 15.0 Å². The third-order valence-corrected chi connectivity index (χ3v) is 3.20. The Morgan fingerprint density at radius 3 is 2.90 bits per heavy atom. The van der Waals surface area contributed by atoms with Gasteiger partial charge in [-0.15, -0.1) is 0 Å². The third-order valence-electron chi connectivity index (χ3n) is 3.20. The lowest BCUT2D eigenvalue weighted by Gasteiger charge is -2.14. The Labute approximate surface area is 120 Å². The normalized spacial score (nSPS) is 11.0. The largest absolute Gasteiger partial charge is 0.372 e. The molecule has 3 heterocycles. The standard InChI is InChI=1S/C13H14N6O2/c1-16(8-10-7-14-17(2)9-10)12-13(19(20)21)18-6-4-3-5-11(18)15-12/h3-7,9H,8H2,1-2H3. The maximum atomic E-state index is 11.4. The van der Waals surface area contributed by atoms with E-state index in [-0.39, 0.29) is 5.82 Å². The van der Waals surface area contributed by atoms with Gasteiger partial charge in [-0.1, -0.05) is 6.07 Å². The zero-order chi connectivity index (χ0) is 15.0. The van der Waals surface area contributed by atoms with Gasteiger partial charge in [0.1, 0.15) is 0 Å². The van der Waals surface area contributed by atoms with Gasteiger partial charge in [0, 0.05) is 38.5 Å². The molecule has 0 aliphatic carbocycles. The van der Waals surface area contributed by atoms with Crippen molar-refractivity contribution in [3.05, 3.63) is 52.5 Å². The van der Waals surface area contributed by atoms with Crippen LogP contribution in [-0.4, -0.2) is 31.1 Å². The highest BCUT2D eigenvalue weighted by Gasteiger charge is 2.25. The summed E-state index contributed by atoms with van der Waals surface area (Å²) >= 11 is 0. The minimum absolute atomic E-state index is 0.0306. The summed E-state index contributed by atoms with van der Waals surface area (Å²) in [6, 6.07) is 5.29. The lowest BCUT2D eigenvalue weighted by Crippen LogP contribution is -2.17. The number of nitrogens with zero attached hydrogens (tertiary/aromatic N) is 6. The molecule has 3 aromatic rings. The Morgan fingerprint density at radius 1 is 1.43 bits per heavy atom. The Balaban J connectivity index is 2.02. The number of pyridine rings is 1. The predicted molar refractivity (Wildman–Crippen MR) is 77.2 cm³/mol. The first-order valence-corrected chi connectivity index (χ1v) is 6.36. The summed E-state index contributed by atoms with van der Waals surface area (Å²) < 4.78 is 3.18. The van der Waals surface area contributed by atoms with Crippen LogP contribution in [0.1, 0.15) is 5.56 Å². The van der Waals surface area contributed by atoms with Crippen LogP contribution in [0.15, 0.2) is 36.8 Å². The maximum absolute atomic E-state index is 11.4. The number of hydrogen-bond acceptors (Lipinski definition) is 5. The first-order chi connectivity index (χ1) is 10.1. The van der Waals surface area contributed by atoms with Crippen LogP contribution in [0.25, 0.3) is 5.65 Å². The van der Waals surface area contributed by atoms with Crippen molar-refractivity contribution in [2.24, 2.45) is 7.05 Å². The summed E-state index contributed by atoms with van der Waals surface area (Å²) in [6.07, 6.45) is 5.25. The fourth-order valence-corrected chi connectivity index (χ4v) is 2.30. The van der Waals surface area contributed by atoms with Crippen LogP contribution in [0.5, 0.6) is 0 Å². The van der Waals surface area contributed by atoms with Gasteiger partial charge in [0.2, 0.25) is 11.5 Å². The zero-order valence-electron chi connectivity index (χ0n) is 11.7. The molecule has 8 nitrogen and oxygen atoms in total. The fraction of sp³-hybridized carbons (Fsp3) is 0.231. The molecule has 0 saturated carbocycles. The summed E-state index contributed by atoms with van der Waals surface area (Å²) in [5.74, 6) is 0.312.